The van der Waals surface area contributed by atoms with Gasteiger partial charge in [-0.05, 0) is 12.1 Å². The molecule has 0 N–H and O–H groups in total. The summed E-state index contributed by atoms with van der Waals surface area (Å²) in [6, 6.07) is 2.08. The molecule has 0 atom stereocenters. The van der Waals surface area contributed by atoms with Crippen LogP contribution in [-0.2, 0) is 6.18 Å². The van der Waals surface area contributed by atoms with Gasteiger partial charge in [0.05, 0.1) is 5.56 Å². The Morgan fingerprint density at radius 3 is 2.69 bits per heavy atom. The Kier molecular flexibility index (Phi) is 2.78. The maximum atomic E-state index is 12.2. The minimum atomic E-state index is -4.45. The van der Waals surface area contributed by atoms with Crippen molar-refractivity contribution in [2.75, 3.05) is 0 Å². The molecule has 0 unspecified atom stereocenters. The second-order valence-electron chi connectivity index (χ2n) is 2.05. The largest absolute Gasteiger partial charge is 0.419 e. The van der Waals surface area contributed by atoms with E-state index < -0.39 is 11.7 Å². The summed E-state index contributed by atoms with van der Waals surface area (Å²) < 4.78 is 36.6. The monoisotopic (exact) mass is 204 g/mol. The molecule has 0 fully saturated rings. The van der Waals surface area contributed by atoms with Crippen molar-refractivity contribution in [3.63, 3.8) is 0 Å². The Morgan fingerprint density at radius 1 is 1.46 bits per heavy atom. The summed E-state index contributed by atoms with van der Waals surface area (Å²) in [5.74, 6) is 0. The van der Waals surface area contributed by atoms with Crippen molar-refractivity contribution in [2.45, 2.75) is 11.2 Å². The number of nitriles is 1. The van der Waals surface area contributed by atoms with Crippen LogP contribution in [0.3, 0.4) is 0 Å². The topological polar surface area (TPSA) is 36.7 Å². The van der Waals surface area contributed by atoms with Crippen molar-refractivity contribution in [3.05, 3.63) is 23.9 Å². The van der Waals surface area contributed by atoms with Crippen molar-refractivity contribution >= 4 is 11.8 Å². The predicted molar refractivity (Wildman–Crippen MR) is 40.7 cm³/mol. The highest BCUT2D eigenvalue weighted by molar-refractivity contribution is 8.03. The van der Waals surface area contributed by atoms with Crippen LogP contribution in [-0.4, -0.2) is 4.98 Å². The van der Waals surface area contributed by atoms with E-state index in [0.717, 1.165) is 6.07 Å². The number of halogens is 3. The maximum absolute atomic E-state index is 12.2. The molecule has 1 rings (SSSR count). The lowest BCUT2D eigenvalue weighted by Crippen LogP contribution is -2.07. The van der Waals surface area contributed by atoms with Gasteiger partial charge in [0.25, 0.3) is 0 Å². The molecule has 6 heteroatoms. The van der Waals surface area contributed by atoms with Gasteiger partial charge in [-0.15, -0.1) is 0 Å². The highest BCUT2D eigenvalue weighted by atomic mass is 32.2. The summed E-state index contributed by atoms with van der Waals surface area (Å²) >= 11 is 0.403. The SMILES string of the molecule is N#CSc1ncccc1C(F)(F)F. The third-order valence-electron chi connectivity index (χ3n) is 1.22. The molecule has 0 aliphatic rings. The average molecular weight is 204 g/mol. The number of aromatic nitrogens is 1. The molecule has 0 aromatic carbocycles. The molecule has 1 aromatic heterocycles. The van der Waals surface area contributed by atoms with Gasteiger partial charge in [0.1, 0.15) is 10.4 Å². The van der Waals surface area contributed by atoms with Crippen LogP contribution in [0.25, 0.3) is 0 Å². The average Bonchev–Trinajstić information content (AvgIpc) is 2.04. The van der Waals surface area contributed by atoms with E-state index in [-0.39, 0.29) is 5.03 Å². The van der Waals surface area contributed by atoms with Crippen molar-refractivity contribution in [1.29, 1.82) is 5.26 Å². The van der Waals surface area contributed by atoms with Crippen LogP contribution in [0.15, 0.2) is 23.4 Å². The van der Waals surface area contributed by atoms with Gasteiger partial charge >= 0.3 is 6.18 Å². The van der Waals surface area contributed by atoms with Gasteiger partial charge in [-0.3, -0.25) is 0 Å². The molecule has 1 aromatic rings. The fourth-order valence-electron chi connectivity index (χ4n) is 0.731. The minimum absolute atomic E-state index is 0.308. The molecule has 0 saturated heterocycles. The maximum Gasteiger partial charge on any atom is 0.419 e. The molecule has 68 valence electrons. The summed E-state index contributed by atoms with van der Waals surface area (Å²) in [4.78, 5) is 3.46. The molecule has 0 aliphatic heterocycles. The number of thioether (sulfide) groups is 1. The van der Waals surface area contributed by atoms with E-state index in [0.29, 0.717) is 11.8 Å². The molecular formula is C7H3F3N2S. The highest BCUT2D eigenvalue weighted by Gasteiger charge is 2.34. The van der Waals surface area contributed by atoms with Gasteiger partial charge in [-0.2, -0.15) is 18.4 Å². The summed E-state index contributed by atoms with van der Waals surface area (Å²) in [7, 11) is 0. The number of nitrogens with zero attached hydrogens (tertiary/aromatic N) is 2. The summed E-state index contributed by atoms with van der Waals surface area (Å²) in [6.07, 6.45) is -3.23. The number of pyridine rings is 1. The van der Waals surface area contributed by atoms with Crippen LogP contribution in [0.4, 0.5) is 13.2 Å². The van der Waals surface area contributed by atoms with Crippen LogP contribution >= 0.6 is 11.8 Å². The second kappa shape index (κ2) is 3.66. The highest BCUT2D eigenvalue weighted by Crippen LogP contribution is 2.34. The first-order chi connectivity index (χ1) is 6.05. The third kappa shape index (κ3) is 2.36. The second-order valence-corrected chi connectivity index (χ2v) is 2.82. The van der Waals surface area contributed by atoms with Crippen LogP contribution in [0.1, 0.15) is 5.56 Å². The van der Waals surface area contributed by atoms with E-state index in [1.165, 1.54) is 12.3 Å². The Hall–Kier alpha value is -1.22. The smallest absolute Gasteiger partial charge is 0.248 e. The van der Waals surface area contributed by atoms with E-state index in [2.05, 4.69) is 4.98 Å². The lowest BCUT2D eigenvalue weighted by Gasteiger charge is -2.07. The van der Waals surface area contributed by atoms with Crippen molar-refractivity contribution in [3.8, 4) is 5.40 Å². The lowest BCUT2D eigenvalue weighted by molar-refractivity contribution is -0.140. The molecule has 2 nitrogen and oxygen atoms in total. The van der Waals surface area contributed by atoms with Crippen LogP contribution in [0, 0.1) is 10.7 Å². The van der Waals surface area contributed by atoms with E-state index >= 15 is 0 Å². The number of hydrogen-bond donors (Lipinski definition) is 0. The van der Waals surface area contributed by atoms with Crippen molar-refractivity contribution in [2.24, 2.45) is 0 Å². The Bertz CT molecular complexity index is 342. The predicted octanol–water partition coefficient (Wildman–Crippen LogP) is 2.67. The number of thiocyanates is 1. The summed E-state index contributed by atoms with van der Waals surface area (Å²) in [6.45, 7) is 0. The van der Waals surface area contributed by atoms with E-state index in [1.54, 1.807) is 5.40 Å². The first-order valence-corrected chi connectivity index (χ1v) is 3.95. The zero-order chi connectivity index (χ0) is 9.90. The normalized spacial score (nSPS) is 10.9. The van der Waals surface area contributed by atoms with Crippen LogP contribution in [0.5, 0.6) is 0 Å². The number of hydrogen-bond acceptors (Lipinski definition) is 3. The summed E-state index contributed by atoms with van der Waals surface area (Å²) in [5.41, 5.74) is -0.874. The Morgan fingerprint density at radius 2 is 2.15 bits per heavy atom. The van der Waals surface area contributed by atoms with E-state index in [1.807, 2.05) is 0 Å². The van der Waals surface area contributed by atoms with Gasteiger partial charge < -0.3 is 0 Å². The Labute approximate surface area is 76.4 Å². The molecule has 0 aliphatic carbocycles. The molecular weight excluding hydrogens is 201 g/mol. The van der Waals surface area contributed by atoms with Gasteiger partial charge in [-0.25, -0.2) is 4.98 Å². The number of rotatable bonds is 1. The van der Waals surface area contributed by atoms with E-state index in [4.69, 9.17) is 5.26 Å². The quantitative estimate of drug-likeness (QED) is 0.521. The zero-order valence-corrected chi connectivity index (χ0v) is 6.99. The minimum Gasteiger partial charge on any atom is -0.248 e. The molecule has 0 saturated carbocycles. The molecule has 13 heavy (non-hydrogen) atoms. The molecule has 0 bridgehead atoms. The first kappa shape index (κ1) is 9.86. The lowest BCUT2D eigenvalue weighted by atomic mass is 10.3. The van der Waals surface area contributed by atoms with Crippen LogP contribution < -0.4 is 0 Å². The van der Waals surface area contributed by atoms with Crippen molar-refractivity contribution in [1.82, 2.24) is 4.98 Å². The molecule has 1 heterocycles. The molecule has 0 spiro atoms. The van der Waals surface area contributed by atoms with Crippen molar-refractivity contribution < 1.29 is 13.2 Å². The summed E-state index contributed by atoms with van der Waals surface area (Å²) in [5, 5.41) is 9.46. The van der Waals surface area contributed by atoms with Gasteiger partial charge in [0.2, 0.25) is 0 Å². The number of alkyl halides is 3. The standard InChI is InChI=1S/C7H3F3N2S/c8-7(9,10)5-2-1-3-12-6(5)13-4-11/h1-3H. The third-order valence-corrected chi connectivity index (χ3v) is 1.83. The van der Waals surface area contributed by atoms with E-state index in [9.17, 15) is 13.2 Å². The van der Waals surface area contributed by atoms with Crippen LogP contribution in [0.2, 0.25) is 0 Å². The van der Waals surface area contributed by atoms with Gasteiger partial charge in [0.15, 0.2) is 0 Å². The molecule has 0 amide bonds. The van der Waals surface area contributed by atoms with Gasteiger partial charge in [-0.1, -0.05) is 0 Å². The zero-order valence-electron chi connectivity index (χ0n) is 6.17. The fourth-order valence-corrected chi connectivity index (χ4v) is 1.22. The first-order valence-electron chi connectivity index (χ1n) is 3.14. The fraction of sp³-hybridized carbons (Fsp3) is 0.143. The Balaban J connectivity index is 3.14. The van der Waals surface area contributed by atoms with Gasteiger partial charge in [0, 0.05) is 18.0 Å². The molecule has 0 radical (unpaired) electrons.